The SMILES string of the molecule is CCCC(C)(C)CNCCCC(=O)OC. The van der Waals surface area contributed by atoms with Crippen LogP contribution in [0.4, 0.5) is 0 Å². The second-order valence-electron chi connectivity index (χ2n) is 4.77. The first-order valence-electron chi connectivity index (χ1n) is 5.79. The van der Waals surface area contributed by atoms with Gasteiger partial charge in [0.05, 0.1) is 7.11 Å². The lowest BCUT2D eigenvalue weighted by Gasteiger charge is -2.24. The zero-order valence-corrected chi connectivity index (χ0v) is 10.6. The Morgan fingerprint density at radius 1 is 1.40 bits per heavy atom. The molecule has 0 saturated heterocycles. The minimum Gasteiger partial charge on any atom is -0.469 e. The van der Waals surface area contributed by atoms with E-state index in [0.29, 0.717) is 11.8 Å². The number of carbonyl (C=O) groups is 1. The highest BCUT2D eigenvalue weighted by molar-refractivity contribution is 5.68. The second kappa shape index (κ2) is 7.69. The number of rotatable bonds is 8. The van der Waals surface area contributed by atoms with E-state index in [9.17, 15) is 4.79 Å². The summed E-state index contributed by atoms with van der Waals surface area (Å²) >= 11 is 0. The molecular weight excluding hydrogens is 190 g/mol. The molecule has 0 fully saturated rings. The molecule has 0 rings (SSSR count). The van der Waals surface area contributed by atoms with E-state index in [-0.39, 0.29) is 5.97 Å². The van der Waals surface area contributed by atoms with Gasteiger partial charge in [0, 0.05) is 13.0 Å². The van der Waals surface area contributed by atoms with Crippen LogP contribution in [0.1, 0.15) is 46.5 Å². The third kappa shape index (κ3) is 8.43. The van der Waals surface area contributed by atoms with E-state index < -0.39 is 0 Å². The van der Waals surface area contributed by atoms with Crippen molar-refractivity contribution in [1.82, 2.24) is 5.32 Å². The maximum Gasteiger partial charge on any atom is 0.305 e. The van der Waals surface area contributed by atoms with E-state index in [1.54, 1.807) is 0 Å². The molecule has 0 aliphatic carbocycles. The molecule has 1 N–H and O–H groups in total. The van der Waals surface area contributed by atoms with Crippen LogP contribution in [0.25, 0.3) is 0 Å². The van der Waals surface area contributed by atoms with Crippen molar-refractivity contribution in [2.75, 3.05) is 20.2 Å². The van der Waals surface area contributed by atoms with Crippen LogP contribution >= 0.6 is 0 Å². The molecule has 3 heteroatoms. The molecule has 15 heavy (non-hydrogen) atoms. The maximum absolute atomic E-state index is 10.8. The standard InChI is InChI=1S/C12H25NO2/c1-5-8-12(2,3)10-13-9-6-7-11(14)15-4/h13H,5-10H2,1-4H3. The molecule has 0 bridgehead atoms. The van der Waals surface area contributed by atoms with E-state index >= 15 is 0 Å². The van der Waals surface area contributed by atoms with Crippen molar-refractivity contribution < 1.29 is 9.53 Å². The predicted octanol–water partition coefficient (Wildman–Crippen LogP) is 2.36. The molecule has 0 radical (unpaired) electrons. The summed E-state index contributed by atoms with van der Waals surface area (Å²) < 4.78 is 4.57. The van der Waals surface area contributed by atoms with Crippen LogP contribution in [-0.4, -0.2) is 26.2 Å². The molecule has 90 valence electrons. The van der Waals surface area contributed by atoms with Crippen molar-refractivity contribution in [3.63, 3.8) is 0 Å². The Kier molecular flexibility index (Phi) is 7.39. The average molecular weight is 215 g/mol. The summed E-state index contributed by atoms with van der Waals surface area (Å²) in [5.74, 6) is -0.121. The van der Waals surface area contributed by atoms with Crippen molar-refractivity contribution in [2.45, 2.75) is 46.5 Å². The summed E-state index contributed by atoms with van der Waals surface area (Å²) in [6.45, 7) is 8.65. The normalized spacial score (nSPS) is 11.5. The second-order valence-corrected chi connectivity index (χ2v) is 4.77. The Balaban J connectivity index is 3.41. The number of nitrogens with one attached hydrogen (secondary N) is 1. The summed E-state index contributed by atoms with van der Waals surface area (Å²) in [6, 6.07) is 0. The first-order valence-corrected chi connectivity index (χ1v) is 5.79. The Labute approximate surface area is 93.6 Å². The van der Waals surface area contributed by atoms with Crippen LogP contribution in [0.15, 0.2) is 0 Å². The number of ether oxygens (including phenoxy) is 1. The van der Waals surface area contributed by atoms with Gasteiger partial charge in [-0.25, -0.2) is 0 Å². The lowest BCUT2D eigenvalue weighted by Crippen LogP contribution is -2.30. The zero-order valence-electron chi connectivity index (χ0n) is 10.6. The molecule has 0 amide bonds. The molecule has 0 spiro atoms. The zero-order chi connectivity index (χ0) is 11.7. The lowest BCUT2D eigenvalue weighted by atomic mass is 9.88. The van der Waals surface area contributed by atoms with Gasteiger partial charge in [0.1, 0.15) is 0 Å². The molecule has 3 nitrogen and oxygen atoms in total. The highest BCUT2D eigenvalue weighted by Crippen LogP contribution is 2.20. The molecule has 0 saturated carbocycles. The van der Waals surface area contributed by atoms with Crippen LogP contribution in [0.5, 0.6) is 0 Å². The minimum atomic E-state index is -0.121. The predicted molar refractivity (Wildman–Crippen MR) is 62.8 cm³/mol. The summed E-state index contributed by atoms with van der Waals surface area (Å²) in [5.41, 5.74) is 0.361. The quantitative estimate of drug-likeness (QED) is 0.499. The molecule has 0 aromatic carbocycles. The van der Waals surface area contributed by atoms with Crippen molar-refractivity contribution >= 4 is 5.97 Å². The van der Waals surface area contributed by atoms with E-state index in [1.165, 1.54) is 20.0 Å². The fourth-order valence-corrected chi connectivity index (χ4v) is 1.65. The van der Waals surface area contributed by atoms with Gasteiger partial charge in [-0.05, 0) is 24.8 Å². The number of carbonyl (C=O) groups excluding carboxylic acids is 1. The van der Waals surface area contributed by atoms with Gasteiger partial charge in [-0.15, -0.1) is 0 Å². The van der Waals surface area contributed by atoms with E-state index in [4.69, 9.17) is 0 Å². The van der Waals surface area contributed by atoms with Crippen molar-refractivity contribution in [1.29, 1.82) is 0 Å². The monoisotopic (exact) mass is 215 g/mol. The van der Waals surface area contributed by atoms with Gasteiger partial charge in [0.15, 0.2) is 0 Å². The number of methoxy groups -OCH3 is 1. The van der Waals surface area contributed by atoms with Crippen LogP contribution in [0.2, 0.25) is 0 Å². The molecule has 0 atom stereocenters. The number of hydrogen-bond acceptors (Lipinski definition) is 3. The van der Waals surface area contributed by atoms with E-state index in [2.05, 4.69) is 30.8 Å². The Bertz CT molecular complexity index is 178. The lowest BCUT2D eigenvalue weighted by molar-refractivity contribution is -0.140. The van der Waals surface area contributed by atoms with Crippen LogP contribution in [-0.2, 0) is 9.53 Å². The van der Waals surface area contributed by atoms with Gasteiger partial charge in [-0.1, -0.05) is 27.2 Å². The topological polar surface area (TPSA) is 38.3 Å². The molecule has 0 aliphatic rings. The largest absolute Gasteiger partial charge is 0.469 e. The van der Waals surface area contributed by atoms with Crippen molar-refractivity contribution in [3.05, 3.63) is 0 Å². The third-order valence-corrected chi connectivity index (χ3v) is 2.49. The maximum atomic E-state index is 10.8. The minimum absolute atomic E-state index is 0.121. The van der Waals surface area contributed by atoms with Gasteiger partial charge in [0.2, 0.25) is 0 Å². The highest BCUT2D eigenvalue weighted by Gasteiger charge is 2.15. The average Bonchev–Trinajstić information content (AvgIpc) is 2.16. The summed E-state index contributed by atoms with van der Waals surface area (Å²) in [6.07, 6.45) is 3.82. The van der Waals surface area contributed by atoms with Gasteiger partial charge < -0.3 is 10.1 Å². The van der Waals surface area contributed by atoms with Gasteiger partial charge in [0.25, 0.3) is 0 Å². The van der Waals surface area contributed by atoms with Crippen LogP contribution in [0, 0.1) is 5.41 Å². The first kappa shape index (κ1) is 14.4. The number of hydrogen-bond donors (Lipinski definition) is 1. The third-order valence-electron chi connectivity index (χ3n) is 2.49. The summed E-state index contributed by atoms with van der Waals surface area (Å²) in [5, 5.41) is 3.38. The molecule has 0 aliphatic heterocycles. The van der Waals surface area contributed by atoms with Crippen molar-refractivity contribution in [3.8, 4) is 0 Å². The number of esters is 1. The van der Waals surface area contributed by atoms with Gasteiger partial charge in [-0.2, -0.15) is 0 Å². The van der Waals surface area contributed by atoms with Gasteiger partial charge >= 0.3 is 5.97 Å². The van der Waals surface area contributed by atoms with E-state index in [0.717, 1.165) is 19.5 Å². The Morgan fingerprint density at radius 2 is 2.07 bits per heavy atom. The summed E-state index contributed by atoms with van der Waals surface area (Å²) in [4.78, 5) is 10.8. The van der Waals surface area contributed by atoms with E-state index in [1.807, 2.05) is 0 Å². The first-order chi connectivity index (χ1) is 7.02. The van der Waals surface area contributed by atoms with Crippen LogP contribution in [0.3, 0.4) is 0 Å². The van der Waals surface area contributed by atoms with Crippen LogP contribution < -0.4 is 5.32 Å². The fourth-order valence-electron chi connectivity index (χ4n) is 1.65. The molecule has 0 aromatic heterocycles. The molecule has 0 unspecified atom stereocenters. The molecular formula is C12H25NO2. The Hall–Kier alpha value is -0.570. The molecule has 0 aromatic rings. The van der Waals surface area contributed by atoms with Crippen molar-refractivity contribution in [2.24, 2.45) is 5.41 Å². The fraction of sp³-hybridized carbons (Fsp3) is 0.917. The highest BCUT2D eigenvalue weighted by atomic mass is 16.5. The Morgan fingerprint density at radius 3 is 2.60 bits per heavy atom. The molecule has 0 heterocycles. The van der Waals surface area contributed by atoms with Gasteiger partial charge in [-0.3, -0.25) is 4.79 Å². The summed E-state index contributed by atoms with van der Waals surface area (Å²) in [7, 11) is 1.43. The smallest absolute Gasteiger partial charge is 0.305 e.